The molecule has 0 aliphatic carbocycles. The number of hydrogen-bond donors (Lipinski definition) is 1. The Labute approximate surface area is 87.8 Å². The largest absolute Gasteiger partial charge is 0.396 e. The van der Waals surface area contributed by atoms with Crippen molar-refractivity contribution in [3.63, 3.8) is 0 Å². The maximum atomic E-state index is 12.3. The van der Waals surface area contributed by atoms with Gasteiger partial charge in [0, 0.05) is 0 Å². The molecule has 11 heteroatoms. The molecular weight excluding hydrogens is 276 g/mol. The third-order valence-electron chi connectivity index (χ3n) is 1.21. The number of nitrogens with one attached hydrogen (secondary N) is 1. The smallest absolute Gasteiger partial charge is 0.197 e. The van der Waals surface area contributed by atoms with Gasteiger partial charge in [-0.15, -0.1) is 0 Å². The summed E-state index contributed by atoms with van der Waals surface area (Å²) in [6.07, 6.45) is -17.0. The zero-order chi connectivity index (χ0) is 14.1. The Bertz CT molecular complexity index is 225. The summed E-state index contributed by atoms with van der Waals surface area (Å²) < 4.78 is 118. The van der Waals surface area contributed by atoms with E-state index in [0.717, 1.165) is 0 Å². The molecule has 0 saturated carbocycles. The van der Waals surface area contributed by atoms with Crippen LogP contribution in [0.4, 0.5) is 43.9 Å². The molecule has 0 aliphatic rings. The van der Waals surface area contributed by atoms with Gasteiger partial charge in [-0.3, -0.25) is 0 Å². The van der Waals surface area contributed by atoms with E-state index in [4.69, 9.17) is 0 Å². The summed E-state index contributed by atoms with van der Waals surface area (Å²) in [7, 11) is 0. The van der Waals surface area contributed by atoms with Gasteiger partial charge >= 0.3 is 24.4 Å². The van der Waals surface area contributed by atoms with Gasteiger partial charge in [0.1, 0.15) is 12.8 Å². The summed E-state index contributed by atoms with van der Waals surface area (Å²) >= 11 is 0. The summed E-state index contributed by atoms with van der Waals surface area (Å²) in [5.41, 5.74) is 0. The van der Waals surface area contributed by atoms with Gasteiger partial charge in [-0.1, -0.05) is 0 Å². The number of halogens is 10. The molecule has 0 radical (unpaired) electrons. The molecule has 0 atom stereocenters. The first-order chi connectivity index (χ1) is 7.12. The molecule has 0 aliphatic heterocycles. The second-order valence-corrected chi connectivity index (χ2v) is 3.12. The standard InChI is InChI=1S/C6H5F10N/c7-3(8,9)1-5(13,14)17-6(15,16)2-4(10,11)12/h17H,1-2H2. The van der Waals surface area contributed by atoms with Crippen molar-refractivity contribution in [3.05, 3.63) is 0 Å². The normalized spacial score (nSPS) is 15.2. The fraction of sp³-hybridized carbons (Fsp3) is 1.00. The summed E-state index contributed by atoms with van der Waals surface area (Å²) in [4.78, 5) is 0. The van der Waals surface area contributed by atoms with Crippen LogP contribution in [0.15, 0.2) is 0 Å². The lowest BCUT2D eigenvalue weighted by molar-refractivity contribution is -0.247. The minimum Gasteiger partial charge on any atom is -0.197 e. The van der Waals surface area contributed by atoms with Crippen LogP contribution in [0.2, 0.25) is 0 Å². The molecule has 0 rings (SSSR count). The maximum absolute atomic E-state index is 12.3. The molecule has 0 fully saturated rings. The van der Waals surface area contributed by atoms with Crippen molar-refractivity contribution in [3.8, 4) is 0 Å². The lowest BCUT2D eigenvalue weighted by Crippen LogP contribution is -2.52. The molecule has 0 unspecified atom stereocenters. The van der Waals surface area contributed by atoms with E-state index in [0.29, 0.717) is 0 Å². The highest BCUT2D eigenvalue weighted by molar-refractivity contribution is 4.76. The number of alkyl halides is 10. The topological polar surface area (TPSA) is 12.0 Å². The Morgan fingerprint density at radius 3 is 0.941 bits per heavy atom. The van der Waals surface area contributed by atoms with E-state index in [9.17, 15) is 43.9 Å². The first-order valence-corrected chi connectivity index (χ1v) is 3.80. The molecule has 104 valence electrons. The fourth-order valence-corrected chi connectivity index (χ4v) is 0.859. The van der Waals surface area contributed by atoms with E-state index in [-0.39, 0.29) is 5.32 Å². The van der Waals surface area contributed by atoms with E-state index in [2.05, 4.69) is 0 Å². The van der Waals surface area contributed by atoms with Gasteiger partial charge in [0.05, 0.1) is 0 Å². The van der Waals surface area contributed by atoms with Gasteiger partial charge in [-0.25, -0.2) is 0 Å². The molecular formula is C6H5F10N. The second-order valence-electron chi connectivity index (χ2n) is 3.12. The van der Waals surface area contributed by atoms with E-state index in [1.54, 1.807) is 0 Å². The van der Waals surface area contributed by atoms with Gasteiger partial charge < -0.3 is 0 Å². The molecule has 0 aromatic rings. The van der Waals surface area contributed by atoms with Crippen LogP contribution in [-0.2, 0) is 0 Å². The molecule has 0 saturated heterocycles. The summed E-state index contributed by atoms with van der Waals surface area (Å²) in [5, 5.41) is -0.261. The number of rotatable bonds is 4. The zero-order valence-electron chi connectivity index (χ0n) is 7.69. The maximum Gasteiger partial charge on any atom is 0.396 e. The van der Waals surface area contributed by atoms with Gasteiger partial charge in [0.15, 0.2) is 0 Å². The van der Waals surface area contributed by atoms with Crippen molar-refractivity contribution >= 4 is 0 Å². The van der Waals surface area contributed by atoms with E-state index < -0.39 is 37.3 Å². The monoisotopic (exact) mass is 281 g/mol. The molecule has 1 N–H and O–H groups in total. The first-order valence-electron chi connectivity index (χ1n) is 3.80. The molecule has 0 bridgehead atoms. The van der Waals surface area contributed by atoms with E-state index in [1.165, 1.54) is 0 Å². The molecule has 0 aromatic heterocycles. The highest BCUT2D eigenvalue weighted by atomic mass is 19.4. The molecule has 17 heavy (non-hydrogen) atoms. The average Bonchev–Trinajstić information content (AvgIpc) is 1.65. The van der Waals surface area contributed by atoms with Gasteiger partial charge in [-0.2, -0.15) is 49.2 Å². The Morgan fingerprint density at radius 2 is 0.765 bits per heavy atom. The van der Waals surface area contributed by atoms with Crippen LogP contribution < -0.4 is 5.32 Å². The molecule has 0 spiro atoms. The van der Waals surface area contributed by atoms with Crippen LogP contribution in [-0.4, -0.2) is 24.4 Å². The Morgan fingerprint density at radius 1 is 0.529 bits per heavy atom. The Balaban J connectivity index is 4.59. The Kier molecular flexibility index (Phi) is 4.30. The predicted molar refractivity (Wildman–Crippen MR) is 34.4 cm³/mol. The third-order valence-corrected chi connectivity index (χ3v) is 1.21. The van der Waals surface area contributed by atoms with Crippen molar-refractivity contribution < 1.29 is 43.9 Å². The van der Waals surface area contributed by atoms with Gasteiger partial charge in [0.2, 0.25) is 0 Å². The predicted octanol–water partition coefficient (Wildman–Crippen LogP) is 3.67. The zero-order valence-corrected chi connectivity index (χ0v) is 7.69. The van der Waals surface area contributed by atoms with Crippen LogP contribution in [0.5, 0.6) is 0 Å². The summed E-state index contributed by atoms with van der Waals surface area (Å²) in [6.45, 7) is 0. The van der Waals surface area contributed by atoms with Crippen molar-refractivity contribution in [2.75, 3.05) is 0 Å². The molecule has 0 amide bonds. The van der Waals surface area contributed by atoms with E-state index in [1.807, 2.05) is 0 Å². The SMILES string of the molecule is FC(F)(F)CC(F)(F)NC(F)(F)CC(F)(F)F. The lowest BCUT2D eigenvalue weighted by Gasteiger charge is -2.26. The Hall–Kier alpha value is -0.740. The van der Waals surface area contributed by atoms with Crippen molar-refractivity contribution in [2.45, 2.75) is 37.3 Å². The van der Waals surface area contributed by atoms with Crippen LogP contribution >= 0.6 is 0 Å². The van der Waals surface area contributed by atoms with E-state index >= 15 is 0 Å². The average molecular weight is 281 g/mol. The van der Waals surface area contributed by atoms with Crippen molar-refractivity contribution in [1.29, 1.82) is 0 Å². The number of hydrogen-bond acceptors (Lipinski definition) is 1. The van der Waals surface area contributed by atoms with Crippen LogP contribution in [0.1, 0.15) is 12.8 Å². The summed E-state index contributed by atoms with van der Waals surface area (Å²) in [5.74, 6) is 0. The minimum absolute atomic E-state index is 0.261. The van der Waals surface area contributed by atoms with Crippen molar-refractivity contribution in [2.24, 2.45) is 0 Å². The van der Waals surface area contributed by atoms with Gasteiger partial charge in [0.25, 0.3) is 0 Å². The minimum atomic E-state index is -5.50. The molecule has 1 nitrogen and oxygen atoms in total. The lowest BCUT2D eigenvalue weighted by atomic mass is 10.3. The third kappa shape index (κ3) is 9.01. The van der Waals surface area contributed by atoms with Crippen LogP contribution in [0.25, 0.3) is 0 Å². The first kappa shape index (κ1) is 16.3. The molecule has 0 heterocycles. The highest BCUT2D eigenvalue weighted by Crippen LogP contribution is 2.35. The van der Waals surface area contributed by atoms with Crippen molar-refractivity contribution in [1.82, 2.24) is 5.32 Å². The van der Waals surface area contributed by atoms with Crippen LogP contribution in [0, 0.1) is 0 Å². The van der Waals surface area contributed by atoms with Crippen LogP contribution in [0.3, 0.4) is 0 Å². The second kappa shape index (κ2) is 4.50. The quantitative estimate of drug-likeness (QED) is 0.612. The summed E-state index contributed by atoms with van der Waals surface area (Å²) in [6, 6.07) is -10.4. The fourth-order valence-electron chi connectivity index (χ4n) is 0.859. The highest BCUT2D eigenvalue weighted by Gasteiger charge is 2.52. The van der Waals surface area contributed by atoms with Gasteiger partial charge in [-0.05, 0) is 0 Å². The molecule has 0 aromatic carbocycles.